The van der Waals surface area contributed by atoms with Crippen molar-refractivity contribution in [3.05, 3.63) is 46.8 Å². The highest BCUT2D eigenvalue weighted by Gasteiger charge is 2.24. The molecule has 1 aromatic carbocycles. The van der Waals surface area contributed by atoms with Gasteiger partial charge in [0.2, 0.25) is 5.91 Å². The smallest absolute Gasteiger partial charge is 0.349 e. The van der Waals surface area contributed by atoms with Crippen molar-refractivity contribution in [2.45, 2.75) is 27.7 Å². The van der Waals surface area contributed by atoms with Crippen LogP contribution in [0.5, 0.6) is 0 Å². The summed E-state index contributed by atoms with van der Waals surface area (Å²) in [4.78, 5) is 38.4. The fourth-order valence-electron chi connectivity index (χ4n) is 2.13. The van der Waals surface area contributed by atoms with Crippen molar-refractivity contribution in [2.75, 3.05) is 23.9 Å². The lowest BCUT2D eigenvalue weighted by Gasteiger charge is -2.17. The van der Waals surface area contributed by atoms with Crippen molar-refractivity contribution in [2.24, 2.45) is 5.41 Å². The van der Waals surface area contributed by atoms with Gasteiger partial charge in [-0.05, 0) is 30.7 Å². The number of nitrogens with one attached hydrogen (secondary N) is 1. The van der Waals surface area contributed by atoms with Crippen LogP contribution >= 0.6 is 11.3 Å². The number of thiophene rings is 1. The van der Waals surface area contributed by atoms with Crippen molar-refractivity contribution in [3.8, 4) is 0 Å². The molecule has 0 aliphatic heterocycles. The van der Waals surface area contributed by atoms with Crippen LogP contribution in [0.4, 0.5) is 10.7 Å². The third-order valence-corrected chi connectivity index (χ3v) is 5.00. The van der Waals surface area contributed by atoms with Gasteiger partial charge in [-0.2, -0.15) is 0 Å². The molecule has 1 aromatic heterocycles. The summed E-state index contributed by atoms with van der Waals surface area (Å²) in [5.74, 6) is -1.04. The molecule has 2 amide bonds. The molecule has 2 rings (SSSR count). The fraction of sp³-hybridized carbons (Fsp3) is 0.350. The normalized spacial score (nSPS) is 11.0. The van der Waals surface area contributed by atoms with Crippen LogP contribution in [0.1, 0.15) is 36.0 Å². The fourth-order valence-corrected chi connectivity index (χ4v) is 3.09. The molecule has 1 N–H and O–H groups in total. The Kier molecular flexibility index (Phi) is 6.38. The number of hydrogen-bond acceptors (Lipinski definition) is 5. The Hall–Kier alpha value is -2.67. The first-order valence-electron chi connectivity index (χ1n) is 8.50. The zero-order valence-electron chi connectivity index (χ0n) is 16.2. The highest BCUT2D eigenvalue weighted by Crippen LogP contribution is 2.29. The number of carbonyl (C=O) groups excluding carboxylic acids is 3. The summed E-state index contributed by atoms with van der Waals surface area (Å²) in [6.45, 7) is 6.84. The summed E-state index contributed by atoms with van der Waals surface area (Å²) >= 11 is 1.14. The number of likely N-dealkylation sites (N-methyl/N-ethyl adjacent to an activating group) is 1. The van der Waals surface area contributed by atoms with Crippen molar-refractivity contribution in [1.29, 1.82) is 0 Å². The van der Waals surface area contributed by atoms with E-state index in [1.165, 1.54) is 4.90 Å². The van der Waals surface area contributed by atoms with Crippen molar-refractivity contribution in [1.82, 2.24) is 0 Å². The highest BCUT2D eigenvalue weighted by molar-refractivity contribution is 7.18. The second-order valence-electron chi connectivity index (χ2n) is 7.19. The molecule has 0 radical (unpaired) electrons. The lowest BCUT2D eigenvalue weighted by molar-refractivity contribution is -0.123. The van der Waals surface area contributed by atoms with Gasteiger partial charge in [0.05, 0.1) is 5.00 Å². The molecule has 7 heteroatoms. The lowest BCUT2D eigenvalue weighted by Crippen LogP contribution is -2.31. The maximum absolute atomic E-state index is 12.3. The predicted octanol–water partition coefficient (Wildman–Crippen LogP) is 3.86. The third kappa shape index (κ3) is 5.40. The Balaban J connectivity index is 1.98. The van der Waals surface area contributed by atoms with E-state index in [9.17, 15) is 14.4 Å². The van der Waals surface area contributed by atoms with E-state index in [0.29, 0.717) is 15.4 Å². The van der Waals surface area contributed by atoms with Crippen LogP contribution < -0.4 is 10.2 Å². The molecule has 27 heavy (non-hydrogen) atoms. The summed E-state index contributed by atoms with van der Waals surface area (Å²) in [7, 11) is 1.63. The Morgan fingerprint density at radius 3 is 2.37 bits per heavy atom. The molecular formula is C20H24N2O4S. The molecule has 1 heterocycles. The molecule has 6 nitrogen and oxygen atoms in total. The van der Waals surface area contributed by atoms with E-state index >= 15 is 0 Å². The van der Waals surface area contributed by atoms with Gasteiger partial charge in [0.1, 0.15) is 4.88 Å². The standard InChI is InChI=1S/C20H24N2O4S/c1-13-11-15(21-19(25)20(2,3)4)27-17(13)18(24)26-12-16(23)22(5)14-9-7-6-8-10-14/h6-11H,12H2,1-5H3,(H,21,25). The van der Waals surface area contributed by atoms with E-state index in [2.05, 4.69) is 5.32 Å². The van der Waals surface area contributed by atoms with Crippen LogP contribution in [-0.2, 0) is 14.3 Å². The number of hydrogen-bond donors (Lipinski definition) is 1. The van der Waals surface area contributed by atoms with Crippen LogP contribution in [0, 0.1) is 12.3 Å². The van der Waals surface area contributed by atoms with Crippen LogP contribution in [0.2, 0.25) is 0 Å². The number of rotatable bonds is 5. The lowest BCUT2D eigenvalue weighted by atomic mass is 9.96. The number of anilines is 2. The summed E-state index contributed by atoms with van der Waals surface area (Å²) in [6, 6.07) is 10.8. The number of aryl methyl sites for hydroxylation is 1. The Morgan fingerprint density at radius 2 is 1.78 bits per heavy atom. The van der Waals surface area contributed by atoms with Crippen LogP contribution in [-0.4, -0.2) is 31.4 Å². The summed E-state index contributed by atoms with van der Waals surface area (Å²) < 4.78 is 5.17. The first kappa shape index (κ1) is 20.6. The first-order chi connectivity index (χ1) is 12.6. The minimum atomic E-state index is -0.580. The summed E-state index contributed by atoms with van der Waals surface area (Å²) in [5.41, 5.74) is 0.878. The van der Waals surface area contributed by atoms with E-state index in [-0.39, 0.29) is 18.4 Å². The van der Waals surface area contributed by atoms with Gasteiger partial charge in [-0.1, -0.05) is 39.0 Å². The number of amides is 2. The first-order valence-corrected chi connectivity index (χ1v) is 9.32. The van der Waals surface area contributed by atoms with Gasteiger partial charge in [-0.25, -0.2) is 4.79 Å². The average Bonchev–Trinajstić information content (AvgIpc) is 2.99. The number of carbonyl (C=O) groups is 3. The zero-order valence-corrected chi connectivity index (χ0v) is 17.0. The number of ether oxygens (including phenoxy) is 1. The second kappa shape index (κ2) is 8.35. The average molecular weight is 388 g/mol. The quantitative estimate of drug-likeness (QED) is 0.789. The number of benzene rings is 1. The van der Waals surface area contributed by atoms with Crippen LogP contribution in [0.3, 0.4) is 0 Å². The monoisotopic (exact) mass is 388 g/mol. The predicted molar refractivity (Wildman–Crippen MR) is 107 cm³/mol. The molecule has 0 unspecified atom stereocenters. The van der Waals surface area contributed by atoms with E-state index in [1.54, 1.807) is 32.2 Å². The van der Waals surface area contributed by atoms with E-state index in [4.69, 9.17) is 4.74 Å². The van der Waals surface area contributed by atoms with Crippen LogP contribution in [0.15, 0.2) is 36.4 Å². The van der Waals surface area contributed by atoms with Crippen molar-refractivity contribution in [3.63, 3.8) is 0 Å². The SMILES string of the molecule is Cc1cc(NC(=O)C(C)(C)C)sc1C(=O)OCC(=O)N(C)c1ccccc1. The molecule has 144 valence electrons. The molecule has 0 saturated carbocycles. The molecule has 0 saturated heterocycles. The Labute approximate surface area is 163 Å². The van der Waals surface area contributed by atoms with E-state index in [1.807, 2.05) is 39.0 Å². The van der Waals surface area contributed by atoms with Gasteiger partial charge in [0.25, 0.3) is 5.91 Å². The summed E-state index contributed by atoms with van der Waals surface area (Å²) in [5, 5.41) is 3.38. The molecule has 0 aliphatic rings. The van der Waals surface area contributed by atoms with Gasteiger partial charge in [0.15, 0.2) is 6.61 Å². The third-order valence-electron chi connectivity index (χ3n) is 3.87. The minimum Gasteiger partial charge on any atom is -0.451 e. The number of nitrogens with zero attached hydrogens (tertiary/aromatic N) is 1. The minimum absolute atomic E-state index is 0.136. The molecule has 0 fully saturated rings. The van der Waals surface area contributed by atoms with Gasteiger partial charge >= 0.3 is 5.97 Å². The molecular weight excluding hydrogens is 364 g/mol. The Morgan fingerprint density at radius 1 is 1.15 bits per heavy atom. The zero-order chi connectivity index (χ0) is 20.2. The molecule has 0 bridgehead atoms. The van der Waals surface area contributed by atoms with Gasteiger partial charge in [-0.3, -0.25) is 9.59 Å². The summed E-state index contributed by atoms with van der Waals surface area (Å²) in [6.07, 6.45) is 0. The van der Waals surface area contributed by atoms with Gasteiger partial charge < -0.3 is 15.0 Å². The second-order valence-corrected chi connectivity index (χ2v) is 8.24. The van der Waals surface area contributed by atoms with Crippen molar-refractivity contribution >= 4 is 39.8 Å². The van der Waals surface area contributed by atoms with Gasteiger partial charge in [0, 0.05) is 18.2 Å². The maximum Gasteiger partial charge on any atom is 0.349 e. The number of esters is 1. The molecule has 0 spiro atoms. The highest BCUT2D eigenvalue weighted by atomic mass is 32.1. The van der Waals surface area contributed by atoms with E-state index < -0.39 is 11.4 Å². The Bertz CT molecular complexity index is 837. The largest absolute Gasteiger partial charge is 0.451 e. The number of para-hydroxylation sites is 1. The van der Waals surface area contributed by atoms with Crippen molar-refractivity contribution < 1.29 is 19.1 Å². The van der Waals surface area contributed by atoms with E-state index in [0.717, 1.165) is 17.0 Å². The van der Waals surface area contributed by atoms with Crippen LogP contribution in [0.25, 0.3) is 0 Å². The topological polar surface area (TPSA) is 75.7 Å². The maximum atomic E-state index is 12.3. The molecule has 0 atom stereocenters. The molecule has 2 aromatic rings. The molecule has 0 aliphatic carbocycles. The van der Waals surface area contributed by atoms with Gasteiger partial charge in [-0.15, -0.1) is 11.3 Å².